The van der Waals surface area contributed by atoms with E-state index in [0.29, 0.717) is 5.57 Å². The van der Waals surface area contributed by atoms with Gasteiger partial charge in [0.25, 0.3) is 11.8 Å². The van der Waals surface area contributed by atoms with Crippen LogP contribution in [0.4, 0.5) is 0 Å². The molecule has 1 heterocycles. The third-order valence-corrected chi connectivity index (χ3v) is 3.21. The van der Waals surface area contributed by atoms with Gasteiger partial charge < -0.3 is 26.8 Å². The van der Waals surface area contributed by atoms with Crippen LogP contribution >= 0.6 is 0 Å². The lowest BCUT2D eigenvalue weighted by Gasteiger charge is -2.13. The zero-order chi connectivity index (χ0) is 18.4. The van der Waals surface area contributed by atoms with Gasteiger partial charge in [-0.3, -0.25) is 14.3 Å². The fraction of sp³-hybridized carbons (Fsp3) is 0.400. The standard InChI is InChI=1S/C15H24N6O3/c1-8(2)9(12(17)14(23)18-3)6-11(16)19-13(22)10-7-21(4)20-15(10)24-5/h6-8H,16-17H2,1-5H3,(H,18,23)(H,19,22)/b11-6+,12-9+. The van der Waals surface area contributed by atoms with E-state index in [-0.39, 0.29) is 28.9 Å². The number of nitrogens with two attached hydrogens (primary N) is 2. The van der Waals surface area contributed by atoms with Crippen LogP contribution in [0.15, 0.2) is 29.4 Å². The molecule has 1 aromatic heterocycles. The van der Waals surface area contributed by atoms with Crippen molar-refractivity contribution in [3.05, 3.63) is 34.9 Å². The predicted octanol–water partition coefficient (Wildman–Crippen LogP) is -0.427. The summed E-state index contributed by atoms with van der Waals surface area (Å²) in [5.74, 6) is -0.710. The molecule has 0 spiro atoms. The fourth-order valence-electron chi connectivity index (χ4n) is 2.00. The summed E-state index contributed by atoms with van der Waals surface area (Å²) in [5.41, 5.74) is 12.5. The highest BCUT2D eigenvalue weighted by molar-refractivity contribution is 5.97. The molecule has 9 nitrogen and oxygen atoms in total. The van der Waals surface area contributed by atoms with Gasteiger partial charge in [-0.25, -0.2) is 0 Å². The zero-order valence-electron chi connectivity index (χ0n) is 14.5. The van der Waals surface area contributed by atoms with Gasteiger partial charge in [0.2, 0.25) is 5.88 Å². The summed E-state index contributed by atoms with van der Waals surface area (Å²) in [5, 5.41) is 8.98. The van der Waals surface area contributed by atoms with E-state index in [1.807, 2.05) is 13.8 Å². The van der Waals surface area contributed by atoms with Crippen molar-refractivity contribution < 1.29 is 14.3 Å². The number of nitrogens with zero attached hydrogens (tertiary/aromatic N) is 2. The van der Waals surface area contributed by atoms with Crippen molar-refractivity contribution in [3.8, 4) is 5.88 Å². The number of carbonyl (C=O) groups is 2. The lowest BCUT2D eigenvalue weighted by Crippen LogP contribution is -2.30. The Bertz CT molecular complexity index is 687. The molecule has 0 aromatic carbocycles. The SMILES string of the molecule is CNC(=O)/C(N)=C(/C=C(\N)NC(=O)c1cn(C)nc1OC)C(C)C. The Morgan fingerprint density at radius 1 is 1.38 bits per heavy atom. The van der Waals surface area contributed by atoms with E-state index in [4.69, 9.17) is 16.2 Å². The summed E-state index contributed by atoms with van der Waals surface area (Å²) in [4.78, 5) is 24.0. The Morgan fingerprint density at radius 3 is 2.50 bits per heavy atom. The Morgan fingerprint density at radius 2 is 2.00 bits per heavy atom. The molecule has 1 rings (SSSR count). The van der Waals surface area contributed by atoms with Gasteiger partial charge in [0.1, 0.15) is 17.1 Å². The molecular formula is C15H24N6O3. The van der Waals surface area contributed by atoms with Gasteiger partial charge in [0, 0.05) is 20.3 Å². The van der Waals surface area contributed by atoms with E-state index in [0.717, 1.165) is 0 Å². The predicted molar refractivity (Wildman–Crippen MR) is 89.6 cm³/mol. The Hall–Kier alpha value is -2.97. The number of methoxy groups -OCH3 is 1. The van der Waals surface area contributed by atoms with Crippen molar-refractivity contribution in [1.29, 1.82) is 0 Å². The molecule has 2 amide bonds. The number of aryl methyl sites for hydroxylation is 1. The quantitative estimate of drug-likeness (QED) is 0.411. The molecular weight excluding hydrogens is 312 g/mol. The number of carbonyl (C=O) groups excluding carboxylic acids is 2. The van der Waals surface area contributed by atoms with E-state index in [1.165, 1.54) is 31.1 Å². The van der Waals surface area contributed by atoms with Gasteiger partial charge >= 0.3 is 0 Å². The minimum Gasteiger partial charge on any atom is -0.479 e. The fourth-order valence-corrected chi connectivity index (χ4v) is 2.00. The highest BCUT2D eigenvalue weighted by atomic mass is 16.5. The molecule has 0 saturated carbocycles. The Labute approximate surface area is 140 Å². The maximum atomic E-state index is 12.3. The molecule has 0 unspecified atom stereocenters. The molecule has 0 radical (unpaired) electrons. The Kier molecular flexibility index (Phi) is 6.39. The van der Waals surface area contributed by atoms with Crippen molar-refractivity contribution in [3.63, 3.8) is 0 Å². The number of nitrogens with one attached hydrogen (secondary N) is 2. The van der Waals surface area contributed by atoms with Crippen LogP contribution in [-0.4, -0.2) is 35.8 Å². The molecule has 0 aliphatic heterocycles. The minimum atomic E-state index is -0.477. The first kappa shape index (κ1) is 19.1. The smallest absolute Gasteiger partial charge is 0.267 e. The van der Waals surface area contributed by atoms with Crippen LogP contribution in [0, 0.1) is 5.92 Å². The van der Waals surface area contributed by atoms with Crippen molar-refractivity contribution in [2.75, 3.05) is 14.2 Å². The number of hydrogen-bond acceptors (Lipinski definition) is 6. The normalized spacial score (nSPS) is 12.7. The number of likely N-dealkylation sites (N-methyl/N-ethyl adjacent to an activating group) is 1. The summed E-state index contributed by atoms with van der Waals surface area (Å²) in [6.07, 6.45) is 2.98. The molecule has 0 aliphatic carbocycles. The molecule has 132 valence electrons. The zero-order valence-corrected chi connectivity index (χ0v) is 14.5. The monoisotopic (exact) mass is 336 g/mol. The largest absolute Gasteiger partial charge is 0.479 e. The molecule has 24 heavy (non-hydrogen) atoms. The van der Waals surface area contributed by atoms with Crippen LogP contribution in [-0.2, 0) is 11.8 Å². The van der Waals surface area contributed by atoms with Crippen molar-refractivity contribution in [2.45, 2.75) is 13.8 Å². The first-order valence-electron chi connectivity index (χ1n) is 7.29. The lowest BCUT2D eigenvalue weighted by atomic mass is 10.00. The maximum absolute atomic E-state index is 12.3. The van der Waals surface area contributed by atoms with Gasteiger partial charge in [0.05, 0.1) is 7.11 Å². The second-order valence-corrected chi connectivity index (χ2v) is 5.38. The van der Waals surface area contributed by atoms with E-state index in [1.54, 1.807) is 7.05 Å². The molecule has 9 heteroatoms. The van der Waals surface area contributed by atoms with Crippen LogP contribution in [0.3, 0.4) is 0 Å². The van der Waals surface area contributed by atoms with Crippen LogP contribution in [0.25, 0.3) is 0 Å². The lowest BCUT2D eigenvalue weighted by molar-refractivity contribution is -0.117. The number of rotatable bonds is 6. The van der Waals surface area contributed by atoms with Crippen LogP contribution in [0.1, 0.15) is 24.2 Å². The summed E-state index contributed by atoms with van der Waals surface area (Å²) in [6.45, 7) is 3.72. The average molecular weight is 336 g/mol. The van der Waals surface area contributed by atoms with Crippen molar-refractivity contribution in [2.24, 2.45) is 24.4 Å². The Balaban J connectivity index is 3.07. The number of aromatic nitrogens is 2. The van der Waals surface area contributed by atoms with Crippen molar-refractivity contribution >= 4 is 11.8 Å². The summed E-state index contributed by atoms with van der Waals surface area (Å²) >= 11 is 0. The van der Waals surface area contributed by atoms with Crippen LogP contribution in [0.2, 0.25) is 0 Å². The first-order valence-corrected chi connectivity index (χ1v) is 7.29. The topological polar surface area (TPSA) is 137 Å². The maximum Gasteiger partial charge on any atom is 0.267 e. The molecule has 6 N–H and O–H groups in total. The molecule has 0 fully saturated rings. The number of ether oxygens (including phenoxy) is 1. The minimum absolute atomic E-state index is 0.0451. The van der Waals surface area contributed by atoms with Gasteiger partial charge in [0.15, 0.2) is 0 Å². The number of amides is 2. The second-order valence-electron chi connectivity index (χ2n) is 5.38. The summed E-state index contributed by atoms with van der Waals surface area (Å²) in [6, 6.07) is 0. The number of allylic oxidation sites excluding steroid dienone is 2. The third-order valence-electron chi connectivity index (χ3n) is 3.21. The summed E-state index contributed by atoms with van der Waals surface area (Å²) < 4.78 is 6.49. The highest BCUT2D eigenvalue weighted by Crippen LogP contribution is 2.16. The second kappa shape index (κ2) is 8.04. The van der Waals surface area contributed by atoms with E-state index in [2.05, 4.69) is 15.7 Å². The number of hydrogen-bond donors (Lipinski definition) is 4. The first-order chi connectivity index (χ1) is 11.2. The molecule has 0 saturated heterocycles. The van der Waals surface area contributed by atoms with Gasteiger partial charge in [-0.15, -0.1) is 5.10 Å². The van der Waals surface area contributed by atoms with E-state index in [9.17, 15) is 9.59 Å². The van der Waals surface area contributed by atoms with Gasteiger partial charge in [-0.05, 0) is 17.6 Å². The molecule has 0 aliphatic rings. The van der Waals surface area contributed by atoms with Gasteiger partial charge in [-0.2, -0.15) is 0 Å². The highest BCUT2D eigenvalue weighted by Gasteiger charge is 2.18. The van der Waals surface area contributed by atoms with Crippen LogP contribution < -0.4 is 26.8 Å². The van der Waals surface area contributed by atoms with Crippen LogP contribution in [0.5, 0.6) is 5.88 Å². The molecule has 0 atom stereocenters. The van der Waals surface area contributed by atoms with Crippen molar-refractivity contribution in [1.82, 2.24) is 20.4 Å². The summed E-state index contributed by atoms with van der Waals surface area (Å²) in [7, 11) is 4.57. The molecule has 1 aromatic rings. The van der Waals surface area contributed by atoms with E-state index >= 15 is 0 Å². The van der Waals surface area contributed by atoms with Gasteiger partial charge in [-0.1, -0.05) is 13.8 Å². The van der Waals surface area contributed by atoms with E-state index < -0.39 is 11.8 Å². The molecule has 0 bridgehead atoms. The average Bonchev–Trinajstić information content (AvgIpc) is 2.91. The third kappa shape index (κ3) is 4.51.